The summed E-state index contributed by atoms with van der Waals surface area (Å²) in [6, 6.07) is 9.67. The molecule has 140 valence electrons. The van der Waals surface area contributed by atoms with E-state index in [1.54, 1.807) is 12.4 Å². The number of benzene rings is 1. The molecule has 1 aromatic heterocycles. The van der Waals surface area contributed by atoms with Gasteiger partial charge in [-0.05, 0) is 30.7 Å². The van der Waals surface area contributed by atoms with Gasteiger partial charge in [0.2, 0.25) is 5.95 Å². The summed E-state index contributed by atoms with van der Waals surface area (Å²) in [5, 5.41) is 4.14. The monoisotopic (exact) mass is 486 g/mol. The van der Waals surface area contributed by atoms with Crippen LogP contribution in [0.25, 0.3) is 0 Å². The van der Waals surface area contributed by atoms with E-state index in [-0.39, 0.29) is 24.0 Å². The Labute approximate surface area is 176 Å². The second-order valence-electron chi connectivity index (χ2n) is 5.82. The summed E-state index contributed by atoms with van der Waals surface area (Å²) < 4.78 is 0. The van der Waals surface area contributed by atoms with Crippen LogP contribution >= 0.6 is 35.6 Å². The molecule has 1 fully saturated rings. The molecule has 0 saturated carbocycles. The minimum atomic E-state index is 0. The second kappa shape index (κ2) is 10.5. The lowest BCUT2D eigenvalue weighted by Crippen LogP contribution is -2.52. The molecule has 6 nitrogen and oxygen atoms in total. The van der Waals surface area contributed by atoms with Crippen LogP contribution in [-0.2, 0) is 6.54 Å². The van der Waals surface area contributed by atoms with Crippen molar-refractivity contribution < 1.29 is 0 Å². The number of aromatic nitrogens is 2. The van der Waals surface area contributed by atoms with Crippen molar-refractivity contribution in [3.63, 3.8) is 0 Å². The van der Waals surface area contributed by atoms with Gasteiger partial charge in [0.15, 0.2) is 5.96 Å². The molecule has 0 bridgehead atoms. The molecule has 1 aromatic carbocycles. The zero-order valence-electron chi connectivity index (χ0n) is 14.8. The third-order valence-corrected chi connectivity index (χ3v) is 4.33. The lowest BCUT2D eigenvalue weighted by Gasteiger charge is -2.36. The minimum absolute atomic E-state index is 0. The number of aliphatic imine (C=N–C) groups is 1. The van der Waals surface area contributed by atoms with Crippen molar-refractivity contribution in [2.45, 2.75) is 13.5 Å². The molecule has 1 aliphatic rings. The van der Waals surface area contributed by atoms with E-state index in [0.717, 1.165) is 55.2 Å². The largest absolute Gasteiger partial charge is 0.357 e. The van der Waals surface area contributed by atoms with Crippen molar-refractivity contribution in [1.82, 2.24) is 20.2 Å². The molecule has 2 heterocycles. The maximum Gasteiger partial charge on any atom is 0.225 e. The van der Waals surface area contributed by atoms with Crippen LogP contribution < -0.4 is 10.2 Å². The van der Waals surface area contributed by atoms with E-state index < -0.39 is 0 Å². The first-order chi connectivity index (χ1) is 12.3. The first kappa shape index (κ1) is 20.7. The Hall–Kier alpha value is -1.61. The molecule has 0 spiro atoms. The fraction of sp³-hybridized carbons (Fsp3) is 0.389. The summed E-state index contributed by atoms with van der Waals surface area (Å²) in [7, 11) is 0. The summed E-state index contributed by atoms with van der Waals surface area (Å²) in [6.45, 7) is 7.13. The zero-order valence-corrected chi connectivity index (χ0v) is 17.9. The molecule has 1 aliphatic heterocycles. The van der Waals surface area contributed by atoms with E-state index in [0.29, 0.717) is 6.54 Å². The maximum atomic E-state index is 5.94. The summed E-state index contributed by atoms with van der Waals surface area (Å²) in [5.74, 6) is 1.75. The fourth-order valence-corrected chi connectivity index (χ4v) is 2.88. The SMILES string of the molecule is CCNC(=NCc1ccc(Cl)cc1)N1CCN(c2ncccn2)CC1.I. The van der Waals surface area contributed by atoms with Gasteiger partial charge in [0.05, 0.1) is 6.54 Å². The quantitative estimate of drug-likeness (QED) is 0.409. The normalized spacial score (nSPS) is 14.8. The summed E-state index contributed by atoms with van der Waals surface area (Å²) in [4.78, 5) is 17.9. The molecule has 1 saturated heterocycles. The van der Waals surface area contributed by atoms with Gasteiger partial charge >= 0.3 is 0 Å². The van der Waals surface area contributed by atoms with Gasteiger partial charge in [0.25, 0.3) is 0 Å². The van der Waals surface area contributed by atoms with Gasteiger partial charge in [-0.25, -0.2) is 15.0 Å². The summed E-state index contributed by atoms with van der Waals surface area (Å²) >= 11 is 5.94. The highest BCUT2D eigenvalue weighted by molar-refractivity contribution is 14.0. The topological polar surface area (TPSA) is 56.7 Å². The van der Waals surface area contributed by atoms with E-state index >= 15 is 0 Å². The van der Waals surface area contributed by atoms with Crippen LogP contribution in [0.2, 0.25) is 5.02 Å². The highest BCUT2D eigenvalue weighted by atomic mass is 127. The minimum Gasteiger partial charge on any atom is -0.357 e. The number of hydrogen-bond donors (Lipinski definition) is 1. The summed E-state index contributed by atoms with van der Waals surface area (Å²) in [5.41, 5.74) is 1.15. The molecule has 0 atom stereocenters. The number of piperazine rings is 1. The highest BCUT2D eigenvalue weighted by Gasteiger charge is 2.20. The van der Waals surface area contributed by atoms with Crippen molar-refractivity contribution in [3.8, 4) is 0 Å². The molecule has 0 unspecified atom stereocenters. The van der Waals surface area contributed by atoms with E-state index in [1.165, 1.54) is 0 Å². The van der Waals surface area contributed by atoms with Crippen molar-refractivity contribution >= 4 is 47.5 Å². The Balaban J connectivity index is 0.00000243. The number of hydrogen-bond acceptors (Lipinski definition) is 4. The molecule has 3 rings (SSSR count). The number of nitrogens with one attached hydrogen (secondary N) is 1. The number of halogens is 2. The lowest BCUT2D eigenvalue weighted by atomic mass is 10.2. The molecule has 0 aliphatic carbocycles. The van der Waals surface area contributed by atoms with Crippen molar-refractivity contribution in [3.05, 3.63) is 53.3 Å². The van der Waals surface area contributed by atoms with E-state index in [1.807, 2.05) is 30.3 Å². The van der Waals surface area contributed by atoms with Crippen LogP contribution in [0.15, 0.2) is 47.7 Å². The Morgan fingerprint density at radius 3 is 2.38 bits per heavy atom. The number of anilines is 1. The predicted octanol–water partition coefficient (Wildman–Crippen LogP) is 3.04. The van der Waals surface area contributed by atoms with Gasteiger partial charge in [0, 0.05) is 50.1 Å². The maximum absolute atomic E-state index is 5.94. The second-order valence-corrected chi connectivity index (χ2v) is 6.26. The fourth-order valence-electron chi connectivity index (χ4n) is 2.75. The molecule has 8 heteroatoms. The average Bonchev–Trinajstić information content (AvgIpc) is 2.67. The lowest BCUT2D eigenvalue weighted by molar-refractivity contribution is 0.370. The van der Waals surface area contributed by atoms with E-state index in [4.69, 9.17) is 16.6 Å². The average molecular weight is 487 g/mol. The Morgan fingerprint density at radius 1 is 1.12 bits per heavy atom. The van der Waals surface area contributed by atoms with Crippen molar-refractivity contribution in [2.24, 2.45) is 4.99 Å². The summed E-state index contributed by atoms with van der Waals surface area (Å²) in [6.07, 6.45) is 3.57. The molecule has 0 radical (unpaired) electrons. The van der Waals surface area contributed by atoms with Crippen LogP contribution in [0.3, 0.4) is 0 Å². The van der Waals surface area contributed by atoms with E-state index in [2.05, 4.69) is 32.0 Å². The zero-order chi connectivity index (χ0) is 17.5. The van der Waals surface area contributed by atoms with E-state index in [9.17, 15) is 0 Å². The smallest absolute Gasteiger partial charge is 0.225 e. The van der Waals surface area contributed by atoms with Crippen LogP contribution in [0.1, 0.15) is 12.5 Å². The number of nitrogens with zero attached hydrogens (tertiary/aromatic N) is 5. The first-order valence-corrected chi connectivity index (χ1v) is 8.93. The van der Waals surface area contributed by atoms with Crippen LogP contribution in [0.5, 0.6) is 0 Å². The standard InChI is InChI=1S/C18H23ClN6.HI/c1-2-20-17(23-14-15-4-6-16(19)7-5-15)24-10-12-25(13-11-24)18-21-8-3-9-22-18;/h3-9H,2,10-14H2,1H3,(H,20,23);1H. The molecule has 26 heavy (non-hydrogen) atoms. The van der Waals surface area contributed by atoms with Gasteiger partial charge in [0.1, 0.15) is 0 Å². The van der Waals surface area contributed by atoms with Gasteiger partial charge in [-0.1, -0.05) is 23.7 Å². The molecular weight excluding hydrogens is 463 g/mol. The molecule has 0 amide bonds. The van der Waals surface area contributed by atoms with Crippen LogP contribution in [0.4, 0.5) is 5.95 Å². The van der Waals surface area contributed by atoms with Gasteiger partial charge in [-0.15, -0.1) is 24.0 Å². The van der Waals surface area contributed by atoms with Gasteiger partial charge in [-0.3, -0.25) is 0 Å². The molecule has 1 N–H and O–H groups in total. The number of guanidine groups is 1. The van der Waals surface area contributed by atoms with Gasteiger partial charge < -0.3 is 15.1 Å². The highest BCUT2D eigenvalue weighted by Crippen LogP contribution is 2.12. The van der Waals surface area contributed by atoms with Crippen LogP contribution in [0, 0.1) is 0 Å². The van der Waals surface area contributed by atoms with Crippen LogP contribution in [-0.4, -0.2) is 53.6 Å². The number of rotatable bonds is 4. The Morgan fingerprint density at radius 2 is 1.77 bits per heavy atom. The molecule has 2 aromatic rings. The van der Waals surface area contributed by atoms with Crippen molar-refractivity contribution in [2.75, 3.05) is 37.6 Å². The van der Waals surface area contributed by atoms with Crippen molar-refractivity contribution in [1.29, 1.82) is 0 Å². The molecular formula is C18H24ClIN6. The first-order valence-electron chi connectivity index (χ1n) is 8.56. The van der Waals surface area contributed by atoms with Gasteiger partial charge in [-0.2, -0.15) is 0 Å². The Bertz CT molecular complexity index is 687. The third-order valence-electron chi connectivity index (χ3n) is 4.07. The Kier molecular flexibility index (Phi) is 8.37. The third kappa shape index (κ3) is 5.70. The predicted molar refractivity (Wildman–Crippen MR) is 118 cm³/mol.